The van der Waals surface area contributed by atoms with E-state index in [1.54, 1.807) is 4.68 Å². The lowest BCUT2D eigenvalue weighted by Gasteiger charge is -2.20. The molecule has 0 aliphatic heterocycles. The number of aromatic nitrogens is 3. The molecule has 0 aliphatic rings. The molecule has 21 heavy (non-hydrogen) atoms. The maximum Gasteiger partial charge on any atom is 0.134 e. The summed E-state index contributed by atoms with van der Waals surface area (Å²) in [6.45, 7) is 4.85. The second-order valence-corrected chi connectivity index (χ2v) is 4.66. The molecular formula is C14H17F3N4. The van der Waals surface area contributed by atoms with Gasteiger partial charge in [-0.15, -0.1) is 5.10 Å². The van der Waals surface area contributed by atoms with Crippen LogP contribution >= 0.6 is 0 Å². The molecule has 7 heteroatoms. The van der Waals surface area contributed by atoms with Gasteiger partial charge in [-0.25, -0.2) is 17.9 Å². The van der Waals surface area contributed by atoms with Crippen molar-refractivity contribution in [3.8, 4) is 0 Å². The van der Waals surface area contributed by atoms with Crippen molar-refractivity contribution >= 4 is 0 Å². The molecule has 0 bridgehead atoms. The molecule has 114 valence electrons. The molecule has 0 saturated heterocycles. The SMILES string of the molecule is CCCn1nncc1C(NCC)c1c(F)cc(F)cc1F. The highest BCUT2D eigenvalue weighted by Gasteiger charge is 2.25. The summed E-state index contributed by atoms with van der Waals surface area (Å²) >= 11 is 0. The highest BCUT2D eigenvalue weighted by atomic mass is 19.1. The summed E-state index contributed by atoms with van der Waals surface area (Å²) in [4.78, 5) is 0. The first-order valence-corrected chi connectivity index (χ1v) is 6.84. The maximum atomic E-state index is 14.0. The van der Waals surface area contributed by atoms with E-state index in [0.717, 1.165) is 6.42 Å². The summed E-state index contributed by atoms with van der Waals surface area (Å²) in [6.07, 6.45) is 2.27. The first kappa shape index (κ1) is 15.5. The van der Waals surface area contributed by atoms with Gasteiger partial charge in [-0.2, -0.15) is 0 Å². The summed E-state index contributed by atoms with van der Waals surface area (Å²) in [7, 11) is 0. The zero-order valence-corrected chi connectivity index (χ0v) is 11.9. The van der Waals surface area contributed by atoms with Crippen molar-refractivity contribution in [3.63, 3.8) is 0 Å². The summed E-state index contributed by atoms with van der Waals surface area (Å²) in [5, 5.41) is 10.7. The van der Waals surface area contributed by atoms with Gasteiger partial charge in [0.25, 0.3) is 0 Å². The Bertz CT molecular complexity index is 589. The Morgan fingerprint density at radius 2 is 1.86 bits per heavy atom. The van der Waals surface area contributed by atoms with Crippen LogP contribution in [0.3, 0.4) is 0 Å². The molecule has 0 amide bonds. The molecule has 0 spiro atoms. The summed E-state index contributed by atoms with van der Waals surface area (Å²) < 4.78 is 42.7. The van der Waals surface area contributed by atoms with E-state index in [-0.39, 0.29) is 5.56 Å². The lowest BCUT2D eigenvalue weighted by Crippen LogP contribution is -2.27. The Balaban J connectivity index is 2.51. The molecule has 0 saturated carbocycles. The van der Waals surface area contributed by atoms with Crippen LogP contribution in [0.2, 0.25) is 0 Å². The van der Waals surface area contributed by atoms with Gasteiger partial charge in [0.1, 0.15) is 17.5 Å². The van der Waals surface area contributed by atoms with Gasteiger partial charge in [0.2, 0.25) is 0 Å². The Labute approximate surface area is 121 Å². The molecule has 1 atom stereocenters. The van der Waals surface area contributed by atoms with Crippen molar-refractivity contribution in [2.75, 3.05) is 6.54 Å². The summed E-state index contributed by atoms with van der Waals surface area (Å²) in [6, 6.07) is 0.588. The van der Waals surface area contributed by atoms with E-state index >= 15 is 0 Å². The predicted octanol–water partition coefficient (Wildman–Crippen LogP) is 2.80. The van der Waals surface area contributed by atoms with Gasteiger partial charge in [-0.3, -0.25) is 0 Å². The smallest absolute Gasteiger partial charge is 0.134 e. The molecule has 0 fully saturated rings. The van der Waals surface area contributed by atoms with Crippen LogP contribution in [0.4, 0.5) is 13.2 Å². The summed E-state index contributed by atoms with van der Waals surface area (Å²) in [5.41, 5.74) is 0.320. The Hall–Kier alpha value is -1.89. The largest absolute Gasteiger partial charge is 0.305 e. The third-order valence-electron chi connectivity index (χ3n) is 3.12. The van der Waals surface area contributed by atoms with Crippen molar-refractivity contribution in [2.24, 2.45) is 0 Å². The zero-order valence-electron chi connectivity index (χ0n) is 11.9. The second-order valence-electron chi connectivity index (χ2n) is 4.66. The minimum Gasteiger partial charge on any atom is -0.305 e. The van der Waals surface area contributed by atoms with E-state index in [1.165, 1.54) is 6.20 Å². The molecule has 4 nitrogen and oxygen atoms in total. The normalized spacial score (nSPS) is 12.6. The van der Waals surface area contributed by atoms with E-state index < -0.39 is 23.5 Å². The Morgan fingerprint density at radius 3 is 2.43 bits per heavy atom. The molecule has 0 aliphatic carbocycles. The van der Waals surface area contributed by atoms with E-state index in [9.17, 15) is 13.2 Å². The molecule has 1 heterocycles. The third kappa shape index (κ3) is 3.24. The fourth-order valence-corrected chi connectivity index (χ4v) is 2.26. The summed E-state index contributed by atoms with van der Waals surface area (Å²) in [5.74, 6) is -2.80. The van der Waals surface area contributed by atoms with Crippen LogP contribution in [0, 0.1) is 17.5 Å². The van der Waals surface area contributed by atoms with Gasteiger partial charge in [0, 0.05) is 24.2 Å². The molecule has 1 aromatic carbocycles. The van der Waals surface area contributed by atoms with Crippen molar-refractivity contribution in [1.29, 1.82) is 0 Å². The minimum atomic E-state index is -0.941. The van der Waals surface area contributed by atoms with E-state index in [0.29, 0.717) is 30.9 Å². The van der Waals surface area contributed by atoms with Gasteiger partial charge in [-0.05, 0) is 13.0 Å². The molecule has 2 aromatic rings. The third-order valence-corrected chi connectivity index (χ3v) is 3.12. The molecule has 1 unspecified atom stereocenters. The van der Waals surface area contributed by atoms with Crippen molar-refractivity contribution in [1.82, 2.24) is 20.3 Å². The fourth-order valence-electron chi connectivity index (χ4n) is 2.26. The highest BCUT2D eigenvalue weighted by Crippen LogP contribution is 2.27. The van der Waals surface area contributed by atoms with Gasteiger partial charge in [-0.1, -0.05) is 19.1 Å². The topological polar surface area (TPSA) is 42.7 Å². The quantitative estimate of drug-likeness (QED) is 0.891. The molecule has 0 radical (unpaired) electrons. The van der Waals surface area contributed by atoms with Crippen molar-refractivity contribution in [2.45, 2.75) is 32.9 Å². The molecular weight excluding hydrogens is 281 g/mol. The van der Waals surface area contributed by atoms with Gasteiger partial charge in [0.05, 0.1) is 17.9 Å². The van der Waals surface area contributed by atoms with Crippen LogP contribution in [0.15, 0.2) is 18.3 Å². The van der Waals surface area contributed by atoms with Crippen LogP contribution < -0.4 is 5.32 Å². The predicted molar refractivity (Wildman–Crippen MR) is 72.1 cm³/mol. The Morgan fingerprint density at radius 1 is 1.19 bits per heavy atom. The molecule has 2 rings (SSSR count). The standard InChI is InChI=1S/C14H17F3N4/c1-3-5-21-12(8-19-20-21)14(18-4-2)13-10(16)6-9(15)7-11(13)17/h6-8,14,18H,3-5H2,1-2H3. The van der Waals surface area contributed by atoms with Gasteiger partial charge in [0.15, 0.2) is 0 Å². The Kier molecular flexibility index (Phi) is 4.95. The van der Waals surface area contributed by atoms with Crippen molar-refractivity contribution < 1.29 is 13.2 Å². The number of nitrogens with one attached hydrogen (secondary N) is 1. The average Bonchev–Trinajstić information content (AvgIpc) is 2.85. The number of nitrogens with zero attached hydrogens (tertiary/aromatic N) is 3. The zero-order chi connectivity index (χ0) is 15.4. The van der Waals surface area contributed by atoms with E-state index in [4.69, 9.17) is 0 Å². The average molecular weight is 298 g/mol. The van der Waals surface area contributed by atoms with Crippen LogP contribution in [-0.4, -0.2) is 21.5 Å². The first-order chi connectivity index (χ1) is 10.1. The maximum absolute atomic E-state index is 14.0. The fraction of sp³-hybridized carbons (Fsp3) is 0.429. The van der Waals surface area contributed by atoms with Crippen molar-refractivity contribution in [3.05, 3.63) is 47.0 Å². The number of aryl methyl sites for hydroxylation is 1. The number of hydrogen-bond donors (Lipinski definition) is 1. The van der Waals surface area contributed by atoms with Gasteiger partial charge >= 0.3 is 0 Å². The lowest BCUT2D eigenvalue weighted by atomic mass is 10.0. The number of rotatable bonds is 6. The van der Waals surface area contributed by atoms with Crippen LogP contribution in [0.5, 0.6) is 0 Å². The van der Waals surface area contributed by atoms with Crippen LogP contribution in [-0.2, 0) is 6.54 Å². The monoisotopic (exact) mass is 298 g/mol. The molecule has 1 aromatic heterocycles. The van der Waals surface area contributed by atoms with Crippen LogP contribution in [0.25, 0.3) is 0 Å². The van der Waals surface area contributed by atoms with E-state index in [2.05, 4.69) is 15.6 Å². The lowest BCUT2D eigenvalue weighted by molar-refractivity contribution is 0.465. The molecule has 1 N–H and O–H groups in total. The highest BCUT2D eigenvalue weighted by molar-refractivity contribution is 5.30. The number of benzene rings is 1. The number of hydrogen-bond acceptors (Lipinski definition) is 3. The van der Waals surface area contributed by atoms with Gasteiger partial charge < -0.3 is 5.32 Å². The number of halogens is 3. The minimum absolute atomic E-state index is 0.224. The second kappa shape index (κ2) is 6.71. The van der Waals surface area contributed by atoms with E-state index in [1.807, 2.05) is 13.8 Å². The first-order valence-electron chi connectivity index (χ1n) is 6.84. The van der Waals surface area contributed by atoms with Crippen LogP contribution in [0.1, 0.15) is 37.6 Å².